The van der Waals surface area contributed by atoms with E-state index in [1.54, 1.807) is 12.1 Å². The molecule has 1 aromatic carbocycles. The lowest BCUT2D eigenvalue weighted by Gasteiger charge is -2.04. The Labute approximate surface area is 140 Å². The summed E-state index contributed by atoms with van der Waals surface area (Å²) in [5, 5.41) is 0.493. The molecule has 0 atom stereocenters. The van der Waals surface area contributed by atoms with Gasteiger partial charge in [0.1, 0.15) is 5.82 Å². The van der Waals surface area contributed by atoms with Crippen molar-refractivity contribution in [1.29, 1.82) is 0 Å². The van der Waals surface area contributed by atoms with Crippen LogP contribution in [0, 0.1) is 5.82 Å². The van der Waals surface area contributed by atoms with Gasteiger partial charge in [-0.05, 0) is 23.3 Å². The fourth-order valence-electron chi connectivity index (χ4n) is 2.02. The largest absolute Gasteiger partial charge is 0.344 e. The number of benzene rings is 1. The summed E-state index contributed by atoms with van der Waals surface area (Å²) >= 11 is 1.36. The first kappa shape index (κ1) is 16.1. The maximum absolute atomic E-state index is 12.9. The maximum atomic E-state index is 12.9. The van der Waals surface area contributed by atoms with Crippen molar-refractivity contribution in [1.82, 2.24) is 19.9 Å². The number of H-pyrrole nitrogens is 2. The summed E-state index contributed by atoms with van der Waals surface area (Å²) in [6.45, 7) is 0. The molecule has 24 heavy (non-hydrogen) atoms. The van der Waals surface area contributed by atoms with Gasteiger partial charge < -0.3 is 9.97 Å². The van der Waals surface area contributed by atoms with Gasteiger partial charge in [-0.2, -0.15) is 0 Å². The molecule has 0 unspecified atom stereocenters. The van der Waals surface area contributed by atoms with E-state index < -0.39 is 5.69 Å². The van der Waals surface area contributed by atoms with Crippen molar-refractivity contribution in [3.05, 3.63) is 86.2 Å². The second kappa shape index (κ2) is 7.22. The first-order valence-corrected chi connectivity index (χ1v) is 8.08. The van der Waals surface area contributed by atoms with Crippen LogP contribution in [-0.4, -0.2) is 19.9 Å². The number of rotatable bonds is 5. The number of thioether (sulfide) groups is 1. The van der Waals surface area contributed by atoms with Gasteiger partial charge in [-0.25, -0.2) is 19.2 Å². The van der Waals surface area contributed by atoms with Crippen molar-refractivity contribution in [2.75, 3.05) is 0 Å². The van der Waals surface area contributed by atoms with Gasteiger partial charge in [-0.3, -0.25) is 4.79 Å². The number of hydrogen-bond acceptors (Lipinski definition) is 5. The van der Waals surface area contributed by atoms with Crippen molar-refractivity contribution in [2.45, 2.75) is 17.3 Å². The van der Waals surface area contributed by atoms with E-state index in [4.69, 9.17) is 0 Å². The molecule has 0 saturated carbocycles. The van der Waals surface area contributed by atoms with Crippen molar-refractivity contribution in [3.8, 4) is 0 Å². The van der Waals surface area contributed by atoms with E-state index in [0.29, 0.717) is 28.5 Å². The third-order valence-electron chi connectivity index (χ3n) is 3.26. The second-order valence-electron chi connectivity index (χ2n) is 5.06. The minimum atomic E-state index is -0.432. The molecule has 8 heteroatoms. The quantitative estimate of drug-likeness (QED) is 0.545. The van der Waals surface area contributed by atoms with E-state index in [1.165, 1.54) is 42.5 Å². The average Bonchev–Trinajstić information content (AvgIpc) is 2.58. The summed E-state index contributed by atoms with van der Waals surface area (Å²) in [5.41, 5.74) is 1.46. The van der Waals surface area contributed by atoms with E-state index in [1.807, 2.05) is 0 Å². The predicted octanol–water partition coefficient (Wildman–Crippen LogP) is 1.88. The fourth-order valence-corrected chi connectivity index (χ4v) is 2.81. The highest BCUT2D eigenvalue weighted by molar-refractivity contribution is 7.98. The molecule has 2 N–H and O–H groups in total. The van der Waals surface area contributed by atoms with E-state index in [-0.39, 0.29) is 11.4 Å². The molecule has 0 aliphatic rings. The molecule has 2 heterocycles. The minimum Gasteiger partial charge on any atom is -0.312 e. The maximum Gasteiger partial charge on any atom is 0.344 e. The molecule has 3 aromatic rings. The fraction of sp³-hybridized carbons (Fsp3) is 0.125. The van der Waals surface area contributed by atoms with Crippen LogP contribution in [0.3, 0.4) is 0 Å². The van der Waals surface area contributed by atoms with Crippen LogP contribution in [0.5, 0.6) is 0 Å². The topological polar surface area (TPSA) is 91.5 Å². The summed E-state index contributed by atoms with van der Waals surface area (Å²) < 4.78 is 12.9. The summed E-state index contributed by atoms with van der Waals surface area (Å²) in [6, 6.07) is 6.18. The Morgan fingerprint density at radius 1 is 1.04 bits per heavy atom. The first-order chi connectivity index (χ1) is 11.6. The SMILES string of the molecule is O=c1ncc(Cc2cnc(SCc3ccc(F)cc3)[nH]c2=O)c[nH]1. The summed E-state index contributed by atoms with van der Waals surface area (Å²) in [5.74, 6) is 0.295. The monoisotopic (exact) mass is 344 g/mol. The van der Waals surface area contributed by atoms with Crippen molar-refractivity contribution < 1.29 is 4.39 Å². The van der Waals surface area contributed by atoms with Crippen LogP contribution < -0.4 is 11.2 Å². The van der Waals surface area contributed by atoms with Crippen molar-refractivity contribution >= 4 is 11.8 Å². The molecule has 2 aromatic heterocycles. The molecule has 0 saturated heterocycles. The van der Waals surface area contributed by atoms with Crippen LogP contribution >= 0.6 is 11.8 Å². The molecule has 0 bridgehead atoms. The smallest absolute Gasteiger partial charge is 0.312 e. The first-order valence-electron chi connectivity index (χ1n) is 7.09. The average molecular weight is 344 g/mol. The van der Waals surface area contributed by atoms with Crippen LogP contribution in [0.15, 0.2) is 57.6 Å². The molecule has 0 radical (unpaired) electrons. The van der Waals surface area contributed by atoms with Crippen molar-refractivity contribution in [2.24, 2.45) is 0 Å². The molecular formula is C16H13FN4O2S. The van der Waals surface area contributed by atoms with Crippen LogP contribution in [0.1, 0.15) is 16.7 Å². The molecule has 0 aliphatic carbocycles. The third-order valence-corrected chi connectivity index (χ3v) is 4.22. The zero-order valence-electron chi connectivity index (χ0n) is 12.5. The Kier molecular flexibility index (Phi) is 4.85. The molecular weight excluding hydrogens is 331 g/mol. The summed E-state index contributed by atoms with van der Waals surface area (Å²) in [7, 11) is 0. The Balaban J connectivity index is 1.67. The highest BCUT2D eigenvalue weighted by atomic mass is 32.2. The lowest BCUT2D eigenvalue weighted by Crippen LogP contribution is -2.16. The van der Waals surface area contributed by atoms with E-state index in [2.05, 4.69) is 19.9 Å². The zero-order chi connectivity index (χ0) is 16.9. The van der Waals surface area contributed by atoms with Crippen LogP contribution in [-0.2, 0) is 12.2 Å². The van der Waals surface area contributed by atoms with Crippen molar-refractivity contribution in [3.63, 3.8) is 0 Å². The van der Waals surface area contributed by atoms with Gasteiger partial charge in [0.2, 0.25) is 0 Å². The predicted molar refractivity (Wildman–Crippen MR) is 88.5 cm³/mol. The van der Waals surface area contributed by atoms with E-state index in [9.17, 15) is 14.0 Å². The Morgan fingerprint density at radius 3 is 2.50 bits per heavy atom. The van der Waals surface area contributed by atoms with Gasteiger partial charge in [0.15, 0.2) is 5.16 Å². The molecule has 0 aliphatic heterocycles. The highest BCUT2D eigenvalue weighted by Gasteiger charge is 2.06. The van der Waals surface area contributed by atoms with E-state index in [0.717, 1.165) is 5.56 Å². The molecule has 122 valence electrons. The van der Waals surface area contributed by atoms with Gasteiger partial charge in [0.05, 0.1) is 0 Å². The lowest BCUT2D eigenvalue weighted by molar-refractivity contribution is 0.627. The van der Waals surface area contributed by atoms with Crippen LogP contribution in [0.4, 0.5) is 4.39 Å². The second-order valence-corrected chi connectivity index (χ2v) is 6.03. The number of nitrogens with zero attached hydrogens (tertiary/aromatic N) is 2. The number of aromatic amines is 2. The lowest BCUT2D eigenvalue weighted by atomic mass is 10.1. The Bertz CT molecular complexity index is 933. The molecule has 3 rings (SSSR count). The number of nitrogens with one attached hydrogen (secondary N) is 2. The normalized spacial score (nSPS) is 10.7. The molecule has 0 fully saturated rings. The van der Waals surface area contributed by atoms with Gasteiger partial charge in [-0.1, -0.05) is 23.9 Å². The summed E-state index contributed by atoms with van der Waals surface area (Å²) in [6.07, 6.45) is 4.79. The van der Waals surface area contributed by atoms with Gasteiger partial charge >= 0.3 is 5.69 Å². The highest BCUT2D eigenvalue weighted by Crippen LogP contribution is 2.18. The Hall–Kier alpha value is -2.74. The number of halogens is 1. The molecule has 6 nitrogen and oxygen atoms in total. The third kappa shape index (κ3) is 4.17. The molecule has 0 amide bonds. The van der Waals surface area contributed by atoms with Crippen LogP contribution in [0.2, 0.25) is 0 Å². The number of aromatic nitrogens is 4. The van der Waals surface area contributed by atoms with Gasteiger partial charge in [0, 0.05) is 36.3 Å². The standard InChI is InChI=1S/C16H13FN4O2S/c17-13-3-1-10(2-4-13)9-24-16-20-8-12(14(22)21-16)5-11-6-18-15(23)19-7-11/h1-4,6-8H,5,9H2,(H,18,19,23)(H,20,21,22). The summed E-state index contributed by atoms with van der Waals surface area (Å²) in [4.78, 5) is 36.1. The van der Waals surface area contributed by atoms with Crippen LogP contribution in [0.25, 0.3) is 0 Å². The Morgan fingerprint density at radius 2 is 1.83 bits per heavy atom. The zero-order valence-corrected chi connectivity index (χ0v) is 13.3. The minimum absolute atomic E-state index is 0.238. The van der Waals surface area contributed by atoms with Gasteiger partial charge in [0.25, 0.3) is 5.56 Å². The van der Waals surface area contributed by atoms with Gasteiger partial charge in [-0.15, -0.1) is 0 Å². The van der Waals surface area contributed by atoms with E-state index >= 15 is 0 Å². The molecule has 0 spiro atoms. The number of hydrogen-bond donors (Lipinski definition) is 2.